The van der Waals surface area contributed by atoms with E-state index in [1.165, 1.54) is 13.2 Å². The Balaban J connectivity index is 1.32. The average Bonchev–Trinajstić information content (AvgIpc) is 2.87. The van der Waals surface area contributed by atoms with Crippen LogP contribution in [0.5, 0.6) is 5.75 Å². The number of methoxy groups -OCH3 is 1. The van der Waals surface area contributed by atoms with Crippen molar-refractivity contribution >= 4 is 0 Å². The molecule has 186 valence electrons. The van der Waals surface area contributed by atoms with Crippen LogP contribution in [-0.2, 0) is 6.42 Å². The minimum atomic E-state index is -0.940. The zero-order valence-electron chi connectivity index (χ0n) is 19.8. The highest BCUT2D eigenvalue weighted by Crippen LogP contribution is 2.41. The van der Waals surface area contributed by atoms with E-state index in [1.54, 1.807) is 18.2 Å². The number of ether oxygens (including phenoxy) is 1. The second-order valence-electron chi connectivity index (χ2n) is 10.1. The number of aliphatic hydroxyl groups is 1. The zero-order chi connectivity index (χ0) is 24.2. The van der Waals surface area contributed by atoms with Crippen molar-refractivity contribution in [3.63, 3.8) is 0 Å². The van der Waals surface area contributed by atoms with Gasteiger partial charge in [0.15, 0.2) is 23.2 Å². The van der Waals surface area contributed by atoms with Gasteiger partial charge in [-0.05, 0) is 111 Å². The summed E-state index contributed by atoms with van der Waals surface area (Å²) in [5.74, 6) is -2.69. The quantitative estimate of drug-likeness (QED) is 0.420. The van der Waals surface area contributed by atoms with Crippen molar-refractivity contribution in [2.45, 2.75) is 76.0 Å². The third-order valence-electron chi connectivity index (χ3n) is 8.14. The molecule has 2 aromatic carbocycles. The molecule has 0 atom stereocenters. The van der Waals surface area contributed by atoms with Crippen LogP contribution in [0.15, 0.2) is 24.3 Å². The summed E-state index contributed by atoms with van der Waals surface area (Å²) in [6, 6.07) is 6.56. The minimum Gasteiger partial charge on any atom is -0.494 e. The van der Waals surface area contributed by atoms with Crippen LogP contribution in [0.4, 0.5) is 17.6 Å². The van der Waals surface area contributed by atoms with Crippen LogP contribution < -0.4 is 4.74 Å². The molecule has 2 aliphatic carbocycles. The molecule has 2 aliphatic rings. The zero-order valence-corrected chi connectivity index (χ0v) is 19.8. The predicted octanol–water partition coefficient (Wildman–Crippen LogP) is 7.42. The molecule has 2 saturated carbocycles. The lowest BCUT2D eigenvalue weighted by Crippen LogP contribution is -2.18. The Morgan fingerprint density at radius 1 is 0.706 bits per heavy atom. The fraction of sp³-hybridized carbons (Fsp3) is 0.571. The third-order valence-corrected chi connectivity index (χ3v) is 8.14. The van der Waals surface area contributed by atoms with E-state index < -0.39 is 23.3 Å². The topological polar surface area (TPSA) is 29.5 Å². The summed E-state index contributed by atoms with van der Waals surface area (Å²) in [5.41, 5.74) is 1.27. The molecule has 0 saturated heterocycles. The van der Waals surface area contributed by atoms with Gasteiger partial charge in [0.2, 0.25) is 5.82 Å². The van der Waals surface area contributed by atoms with E-state index in [0.717, 1.165) is 57.8 Å². The lowest BCUT2D eigenvalue weighted by atomic mass is 9.76. The van der Waals surface area contributed by atoms with Gasteiger partial charge in [-0.25, -0.2) is 13.2 Å². The van der Waals surface area contributed by atoms with Crippen LogP contribution in [0.25, 0.3) is 0 Å². The summed E-state index contributed by atoms with van der Waals surface area (Å²) in [6.45, 7) is 0.163. The van der Waals surface area contributed by atoms with Gasteiger partial charge in [-0.1, -0.05) is 18.2 Å². The van der Waals surface area contributed by atoms with Crippen LogP contribution in [-0.4, -0.2) is 18.8 Å². The van der Waals surface area contributed by atoms with Gasteiger partial charge in [0.05, 0.1) is 7.11 Å². The van der Waals surface area contributed by atoms with Crippen molar-refractivity contribution < 1.29 is 27.4 Å². The van der Waals surface area contributed by atoms with Crippen LogP contribution in [0.1, 0.15) is 86.3 Å². The van der Waals surface area contributed by atoms with Gasteiger partial charge < -0.3 is 9.84 Å². The van der Waals surface area contributed by atoms with Gasteiger partial charge in [0.1, 0.15) is 0 Å². The molecule has 4 rings (SSSR count). The number of benzene rings is 2. The summed E-state index contributed by atoms with van der Waals surface area (Å²) in [7, 11) is 1.31. The van der Waals surface area contributed by atoms with Gasteiger partial charge in [-0.3, -0.25) is 0 Å². The van der Waals surface area contributed by atoms with E-state index in [9.17, 15) is 22.7 Å². The first-order valence-corrected chi connectivity index (χ1v) is 12.5. The maximum Gasteiger partial charge on any atom is 0.200 e. The lowest BCUT2D eigenvalue weighted by molar-refractivity contribution is 0.181. The summed E-state index contributed by atoms with van der Waals surface area (Å²) in [4.78, 5) is 0. The largest absolute Gasteiger partial charge is 0.494 e. The molecule has 0 radical (unpaired) electrons. The molecule has 0 heterocycles. The second-order valence-corrected chi connectivity index (χ2v) is 10.1. The fourth-order valence-corrected chi connectivity index (χ4v) is 5.91. The molecule has 34 heavy (non-hydrogen) atoms. The van der Waals surface area contributed by atoms with E-state index in [0.29, 0.717) is 29.0 Å². The molecule has 0 aliphatic heterocycles. The second kappa shape index (κ2) is 11.1. The maximum atomic E-state index is 14.9. The first-order valence-electron chi connectivity index (χ1n) is 12.5. The Hall–Kier alpha value is -2.08. The molecule has 0 aromatic heterocycles. The average molecular weight is 479 g/mol. The number of aryl methyl sites for hydroxylation is 1. The number of hydrogen-bond acceptors (Lipinski definition) is 2. The van der Waals surface area contributed by atoms with Gasteiger partial charge in [-0.2, -0.15) is 4.39 Å². The Kier molecular flexibility index (Phi) is 8.18. The van der Waals surface area contributed by atoms with Gasteiger partial charge in [-0.15, -0.1) is 0 Å². The van der Waals surface area contributed by atoms with Crippen molar-refractivity contribution in [1.29, 1.82) is 0 Å². The molecular weight excluding hydrogens is 444 g/mol. The molecule has 0 unspecified atom stereocenters. The highest BCUT2D eigenvalue weighted by molar-refractivity contribution is 5.33. The van der Waals surface area contributed by atoms with Crippen LogP contribution >= 0.6 is 0 Å². The van der Waals surface area contributed by atoms with Crippen LogP contribution in [0.3, 0.4) is 0 Å². The first-order chi connectivity index (χ1) is 16.4. The molecule has 2 aromatic rings. The van der Waals surface area contributed by atoms with Crippen molar-refractivity contribution in [2.75, 3.05) is 13.7 Å². The Bertz CT molecular complexity index is 977. The number of halogens is 4. The van der Waals surface area contributed by atoms with Crippen LogP contribution in [0.2, 0.25) is 0 Å². The lowest BCUT2D eigenvalue weighted by Gasteiger charge is -2.29. The fourth-order valence-electron chi connectivity index (χ4n) is 5.91. The summed E-state index contributed by atoms with van der Waals surface area (Å²) >= 11 is 0. The smallest absolute Gasteiger partial charge is 0.200 e. The summed E-state index contributed by atoms with van der Waals surface area (Å²) < 4.78 is 63.1. The van der Waals surface area contributed by atoms with Crippen molar-refractivity contribution in [2.24, 2.45) is 11.8 Å². The molecule has 0 bridgehead atoms. The van der Waals surface area contributed by atoms with Gasteiger partial charge >= 0.3 is 0 Å². The maximum absolute atomic E-state index is 14.9. The molecule has 1 N–H and O–H groups in total. The molecule has 6 heteroatoms. The van der Waals surface area contributed by atoms with E-state index in [4.69, 9.17) is 4.74 Å². The monoisotopic (exact) mass is 478 g/mol. The van der Waals surface area contributed by atoms with E-state index in [1.807, 2.05) is 0 Å². The van der Waals surface area contributed by atoms with Crippen molar-refractivity contribution in [1.82, 2.24) is 0 Å². The van der Waals surface area contributed by atoms with Crippen molar-refractivity contribution in [3.8, 4) is 5.75 Å². The number of aliphatic hydroxyl groups excluding tert-OH is 1. The normalized spacial score (nSPS) is 25.4. The molecule has 2 fully saturated rings. The molecule has 2 nitrogen and oxygen atoms in total. The summed E-state index contributed by atoms with van der Waals surface area (Å²) in [6.07, 6.45) is 7.69. The first kappa shape index (κ1) is 25.0. The standard InChI is InChI=1S/C28H34F4O2/c1-34-24-15-14-23(27(31)28(24)32)19-7-2-17(3-8-19)4-11-21-12-13-22(26(30)25(21)29)20-9-5-18(16-33)6-10-20/h12-15,17-20,33H,2-11,16H2,1H3. The highest BCUT2D eigenvalue weighted by atomic mass is 19.2. The number of rotatable bonds is 7. The third kappa shape index (κ3) is 5.27. The van der Waals surface area contributed by atoms with Gasteiger partial charge in [0.25, 0.3) is 0 Å². The predicted molar refractivity (Wildman–Crippen MR) is 124 cm³/mol. The minimum absolute atomic E-state index is 0.0183. The number of hydrogen-bond donors (Lipinski definition) is 1. The molecule has 0 spiro atoms. The SMILES string of the molecule is COc1ccc(C2CCC(CCc3ccc(C4CCC(CO)CC4)c(F)c3F)CC2)c(F)c1F. The molecular formula is C28H34F4O2. The Morgan fingerprint density at radius 3 is 1.79 bits per heavy atom. The Labute approximate surface area is 199 Å². The molecule has 0 amide bonds. The highest BCUT2D eigenvalue weighted by Gasteiger charge is 2.28. The van der Waals surface area contributed by atoms with Crippen molar-refractivity contribution in [3.05, 3.63) is 64.2 Å². The van der Waals surface area contributed by atoms with Crippen LogP contribution in [0, 0.1) is 35.1 Å². The van der Waals surface area contributed by atoms with E-state index in [2.05, 4.69) is 0 Å². The van der Waals surface area contributed by atoms with E-state index in [-0.39, 0.29) is 30.1 Å². The van der Waals surface area contributed by atoms with E-state index >= 15 is 0 Å². The Morgan fingerprint density at radius 2 is 1.24 bits per heavy atom. The summed E-state index contributed by atoms with van der Waals surface area (Å²) in [5, 5.41) is 9.29. The van der Waals surface area contributed by atoms with Gasteiger partial charge in [0, 0.05) is 6.61 Å².